The van der Waals surface area contributed by atoms with Crippen LogP contribution in [0.4, 0.5) is 0 Å². The summed E-state index contributed by atoms with van der Waals surface area (Å²) in [5, 5.41) is 31.4. The normalized spacial score (nSPS) is 11.8. The van der Waals surface area contributed by atoms with E-state index in [1.807, 2.05) is 13.8 Å². The lowest BCUT2D eigenvalue weighted by molar-refractivity contribution is -0.621. The summed E-state index contributed by atoms with van der Waals surface area (Å²) in [6.45, 7) is 3.77. The SMILES string of the molecule is CC(C)[NH2+]/C=C(/c1cc(O)ccc1O)[N+](=O)[O-]. The van der Waals surface area contributed by atoms with Crippen molar-refractivity contribution in [2.24, 2.45) is 0 Å². The van der Waals surface area contributed by atoms with Crippen molar-refractivity contribution in [2.45, 2.75) is 19.9 Å². The molecule has 0 saturated heterocycles. The maximum Gasteiger partial charge on any atom is 0.332 e. The highest BCUT2D eigenvalue weighted by atomic mass is 16.6. The van der Waals surface area contributed by atoms with Crippen molar-refractivity contribution in [3.8, 4) is 11.5 Å². The molecule has 0 atom stereocenters. The van der Waals surface area contributed by atoms with Crippen LogP contribution in [0.5, 0.6) is 11.5 Å². The van der Waals surface area contributed by atoms with E-state index in [0.29, 0.717) is 0 Å². The molecule has 0 aliphatic rings. The first-order valence-electron chi connectivity index (χ1n) is 5.13. The van der Waals surface area contributed by atoms with Crippen LogP contribution in [0, 0.1) is 10.1 Å². The van der Waals surface area contributed by atoms with Crippen LogP contribution in [0.2, 0.25) is 0 Å². The van der Waals surface area contributed by atoms with Crippen LogP contribution in [0.1, 0.15) is 19.4 Å². The molecule has 6 heteroatoms. The molecule has 0 aliphatic heterocycles. The molecule has 0 aliphatic carbocycles. The molecule has 0 aromatic heterocycles. The Hall–Kier alpha value is -2.08. The molecule has 0 unspecified atom stereocenters. The number of hydrogen-bond donors (Lipinski definition) is 3. The summed E-state index contributed by atoms with van der Waals surface area (Å²) in [4.78, 5) is 10.3. The van der Waals surface area contributed by atoms with Crippen LogP contribution in [-0.4, -0.2) is 21.2 Å². The van der Waals surface area contributed by atoms with E-state index in [0.717, 1.165) is 6.07 Å². The van der Waals surface area contributed by atoms with Crippen molar-refractivity contribution in [3.05, 3.63) is 40.1 Å². The van der Waals surface area contributed by atoms with Gasteiger partial charge in [-0.05, 0) is 32.0 Å². The Labute approximate surface area is 98.4 Å². The number of rotatable bonds is 4. The Balaban J connectivity index is 3.18. The molecular formula is C11H15N2O4+. The zero-order valence-corrected chi connectivity index (χ0v) is 9.62. The molecule has 1 aromatic carbocycles. The van der Waals surface area contributed by atoms with Gasteiger partial charge in [-0.25, -0.2) is 0 Å². The van der Waals surface area contributed by atoms with Crippen molar-refractivity contribution in [2.75, 3.05) is 0 Å². The predicted octanol–water partition coefficient (Wildman–Crippen LogP) is 0.645. The van der Waals surface area contributed by atoms with E-state index in [1.165, 1.54) is 18.3 Å². The van der Waals surface area contributed by atoms with E-state index in [4.69, 9.17) is 0 Å². The summed E-state index contributed by atoms with van der Waals surface area (Å²) in [6, 6.07) is 3.81. The second-order valence-electron chi connectivity index (χ2n) is 3.95. The van der Waals surface area contributed by atoms with E-state index in [1.54, 1.807) is 5.32 Å². The fraction of sp³-hybridized carbons (Fsp3) is 0.273. The Bertz CT molecular complexity index is 455. The molecule has 0 heterocycles. The zero-order valence-electron chi connectivity index (χ0n) is 9.62. The van der Waals surface area contributed by atoms with Gasteiger partial charge in [0.25, 0.3) is 0 Å². The summed E-state index contributed by atoms with van der Waals surface area (Å²) < 4.78 is 0. The molecule has 0 amide bonds. The number of nitrogens with zero attached hydrogens (tertiary/aromatic N) is 1. The number of nitrogens with two attached hydrogens (primary N) is 1. The third-order valence-electron chi connectivity index (χ3n) is 2.09. The van der Waals surface area contributed by atoms with Crippen LogP contribution >= 0.6 is 0 Å². The van der Waals surface area contributed by atoms with E-state index in [-0.39, 0.29) is 28.8 Å². The van der Waals surface area contributed by atoms with Gasteiger partial charge >= 0.3 is 5.70 Å². The number of phenolic OH excluding ortho intramolecular Hbond substituents is 2. The summed E-state index contributed by atoms with van der Waals surface area (Å²) in [5.41, 5.74) is -0.237. The molecule has 0 saturated carbocycles. The number of nitro groups is 1. The first-order chi connectivity index (χ1) is 7.91. The van der Waals surface area contributed by atoms with Crippen LogP contribution in [0.15, 0.2) is 24.4 Å². The molecule has 0 radical (unpaired) electrons. The molecule has 0 spiro atoms. The minimum absolute atomic E-state index is 0.00639. The third kappa shape index (κ3) is 3.46. The van der Waals surface area contributed by atoms with Gasteiger partial charge < -0.3 is 15.5 Å². The summed E-state index contributed by atoms with van der Waals surface area (Å²) in [6.07, 6.45) is 1.33. The van der Waals surface area contributed by atoms with Gasteiger partial charge in [-0.3, -0.25) is 10.1 Å². The average Bonchev–Trinajstić information content (AvgIpc) is 2.22. The molecular weight excluding hydrogens is 224 g/mol. The predicted molar refractivity (Wildman–Crippen MR) is 61.8 cm³/mol. The zero-order chi connectivity index (χ0) is 13.0. The Kier molecular flexibility index (Phi) is 4.06. The maximum absolute atomic E-state index is 10.9. The van der Waals surface area contributed by atoms with Crippen molar-refractivity contribution in [3.63, 3.8) is 0 Å². The standard InChI is InChI=1S/C11H14N2O4/c1-7(2)12-6-10(13(16)17)9-5-8(14)3-4-11(9)15/h3-7,12,14-15H,1-2H3/p+1/b10-6-. The van der Waals surface area contributed by atoms with Gasteiger partial charge in [-0.2, -0.15) is 0 Å². The van der Waals surface area contributed by atoms with Crippen LogP contribution in [-0.2, 0) is 0 Å². The van der Waals surface area contributed by atoms with E-state index < -0.39 is 4.92 Å². The Morgan fingerprint density at radius 3 is 2.65 bits per heavy atom. The quantitative estimate of drug-likeness (QED) is 0.408. The van der Waals surface area contributed by atoms with Crippen LogP contribution in [0.3, 0.4) is 0 Å². The van der Waals surface area contributed by atoms with Gasteiger partial charge in [0.2, 0.25) is 0 Å². The molecule has 6 nitrogen and oxygen atoms in total. The Morgan fingerprint density at radius 1 is 1.47 bits per heavy atom. The first-order valence-corrected chi connectivity index (χ1v) is 5.13. The van der Waals surface area contributed by atoms with E-state index >= 15 is 0 Å². The van der Waals surface area contributed by atoms with Crippen molar-refractivity contribution < 1.29 is 20.5 Å². The fourth-order valence-corrected chi connectivity index (χ4v) is 1.26. The van der Waals surface area contributed by atoms with Gasteiger partial charge in [0.1, 0.15) is 17.1 Å². The highest BCUT2D eigenvalue weighted by molar-refractivity contribution is 5.64. The lowest BCUT2D eigenvalue weighted by Crippen LogP contribution is -2.83. The summed E-state index contributed by atoms with van der Waals surface area (Å²) >= 11 is 0. The molecule has 4 N–H and O–H groups in total. The number of aromatic hydroxyl groups is 2. The number of phenols is 2. The monoisotopic (exact) mass is 239 g/mol. The fourth-order valence-electron chi connectivity index (χ4n) is 1.26. The number of benzene rings is 1. The average molecular weight is 239 g/mol. The molecule has 1 rings (SSSR count). The molecule has 0 bridgehead atoms. The van der Waals surface area contributed by atoms with Gasteiger partial charge in [0, 0.05) is 0 Å². The highest BCUT2D eigenvalue weighted by Gasteiger charge is 2.21. The van der Waals surface area contributed by atoms with Crippen molar-refractivity contribution in [1.82, 2.24) is 0 Å². The van der Waals surface area contributed by atoms with Crippen molar-refractivity contribution in [1.29, 1.82) is 0 Å². The van der Waals surface area contributed by atoms with Gasteiger partial charge in [-0.15, -0.1) is 0 Å². The van der Waals surface area contributed by atoms with Gasteiger partial charge in [0.15, 0.2) is 6.20 Å². The second kappa shape index (κ2) is 5.31. The molecule has 92 valence electrons. The molecule has 0 fully saturated rings. The summed E-state index contributed by atoms with van der Waals surface area (Å²) in [5.74, 6) is -0.363. The highest BCUT2D eigenvalue weighted by Crippen LogP contribution is 2.28. The lowest BCUT2D eigenvalue weighted by Gasteiger charge is -2.03. The topological polar surface area (TPSA) is 100 Å². The van der Waals surface area contributed by atoms with Crippen molar-refractivity contribution >= 4 is 5.70 Å². The van der Waals surface area contributed by atoms with Gasteiger partial charge in [-0.1, -0.05) is 0 Å². The second-order valence-corrected chi connectivity index (χ2v) is 3.95. The van der Waals surface area contributed by atoms with E-state index in [9.17, 15) is 20.3 Å². The number of quaternary nitrogens is 1. The number of hydrogen-bond acceptors (Lipinski definition) is 4. The lowest BCUT2D eigenvalue weighted by atomic mass is 10.1. The Morgan fingerprint density at radius 2 is 2.12 bits per heavy atom. The third-order valence-corrected chi connectivity index (χ3v) is 2.09. The minimum Gasteiger partial charge on any atom is -0.508 e. The maximum atomic E-state index is 10.9. The smallest absolute Gasteiger partial charge is 0.332 e. The first kappa shape index (κ1) is 13.0. The molecule has 17 heavy (non-hydrogen) atoms. The van der Waals surface area contributed by atoms with Crippen LogP contribution in [0.25, 0.3) is 5.70 Å². The molecule has 1 aromatic rings. The largest absolute Gasteiger partial charge is 0.508 e. The van der Waals surface area contributed by atoms with E-state index in [2.05, 4.69) is 0 Å². The minimum atomic E-state index is -0.590. The van der Waals surface area contributed by atoms with Gasteiger partial charge in [0.05, 0.1) is 11.0 Å². The summed E-state index contributed by atoms with van der Waals surface area (Å²) in [7, 11) is 0. The van der Waals surface area contributed by atoms with Crippen LogP contribution < -0.4 is 5.32 Å².